The van der Waals surface area contributed by atoms with E-state index in [1.54, 1.807) is 0 Å². The monoisotopic (exact) mass is 345 g/mol. The summed E-state index contributed by atoms with van der Waals surface area (Å²) in [7, 11) is 2.05. The van der Waals surface area contributed by atoms with Gasteiger partial charge >= 0.3 is 0 Å². The van der Waals surface area contributed by atoms with E-state index in [4.69, 9.17) is 0 Å². The second-order valence-electron chi connectivity index (χ2n) is 5.64. The molecule has 0 radical (unpaired) electrons. The predicted molar refractivity (Wildman–Crippen MR) is 94.6 cm³/mol. The van der Waals surface area contributed by atoms with Crippen LogP contribution in [0.1, 0.15) is 24.0 Å². The number of hydrogen-bond acceptors (Lipinski definition) is 1. The molecule has 0 aliphatic carbocycles. The maximum Gasteiger partial charge on any atom is 0.0177 e. The summed E-state index contributed by atoms with van der Waals surface area (Å²) in [6.45, 7) is 1.08. The van der Waals surface area contributed by atoms with Gasteiger partial charge in [0, 0.05) is 4.47 Å². The van der Waals surface area contributed by atoms with Gasteiger partial charge in [-0.25, -0.2) is 0 Å². The third kappa shape index (κ3) is 6.03. The third-order valence-electron chi connectivity index (χ3n) is 3.83. The van der Waals surface area contributed by atoms with E-state index in [1.807, 2.05) is 7.05 Å². The summed E-state index contributed by atoms with van der Waals surface area (Å²) in [6, 6.07) is 19.5. The van der Waals surface area contributed by atoms with Crippen LogP contribution < -0.4 is 5.32 Å². The Hall–Kier alpha value is -1.12. The fraction of sp³-hybridized carbons (Fsp3) is 0.368. The first-order chi connectivity index (χ1) is 10.3. The summed E-state index contributed by atoms with van der Waals surface area (Å²) >= 11 is 3.56. The molecule has 2 aromatic carbocycles. The van der Waals surface area contributed by atoms with Crippen LogP contribution in [0.2, 0.25) is 0 Å². The van der Waals surface area contributed by atoms with Crippen LogP contribution in [0.3, 0.4) is 0 Å². The van der Waals surface area contributed by atoms with Gasteiger partial charge < -0.3 is 5.32 Å². The van der Waals surface area contributed by atoms with Gasteiger partial charge in [-0.15, -0.1) is 0 Å². The van der Waals surface area contributed by atoms with Gasteiger partial charge in [-0.05, 0) is 68.5 Å². The highest BCUT2D eigenvalue weighted by Crippen LogP contribution is 2.18. The number of hydrogen-bond donors (Lipinski definition) is 1. The van der Waals surface area contributed by atoms with Crippen LogP contribution in [-0.2, 0) is 12.8 Å². The highest BCUT2D eigenvalue weighted by atomic mass is 79.9. The molecule has 0 saturated heterocycles. The highest BCUT2D eigenvalue weighted by molar-refractivity contribution is 9.10. The first-order valence-electron chi connectivity index (χ1n) is 7.71. The molecule has 2 heteroatoms. The molecule has 0 bridgehead atoms. The smallest absolute Gasteiger partial charge is 0.0177 e. The zero-order valence-electron chi connectivity index (χ0n) is 12.7. The lowest BCUT2D eigenvalue weighted by atomic mass is 9.93. The van der Waals surface area contributed by atoms with Gasteiger partial charge in [-0.3, -0.25) is 0 Å². The van der Waals surface area contributed by atoms with Crippen molar-refractivity contribution in [1.82, 2.24) is 5.32 Å². The van der Waals surface area contributed by atoms with Crippen molar-refractivity contribution in [3.8, 4) is 0 Å². The SMILES string of the molecule is CNCC(CCCc1ccccc1)Cc1cccc(Br)c1. The molecule has 21 heavy (non-hydrogen) atoms. The molecule has 1 N–H and O–H groups in total. The fourth-order valence-electron chi connectivity index (χ4n) is 2.80. The molecule has 0 aromatic heterocycles. The van der Waals surface area contributed by atoms with Crippen LogP contribution in [0.25, 0.3) is 0 Å². The minimum absolute atomic E-state index is 0.702. The van der Waals surface area contributed by atoms with E-state index in [9.17, 15) is 0 Å². The van der Waals surface area contributed by atoms with Crippen LogP contribution in [0.5, 0.6) is 0 Å². The van der Waals surface area contributed by atoms with Crippen LogP contribution in [-0.4, -0.2) is 13.6 Å². The van der Waals surface area contributed by atoms with Gasteiger partial charge in [0.15, 0.2) is 0 Å². The van der Waals surface area contributed by atoms with Gasteiger partial charge in [0.05, 0.1) is 0 Å². The Labute approximate surface area is 136 Å². The maximum absolute atomic E-state index is 3.56. The van der Waals surface area contributed by atoms with Gasteiger partial charge in [0.2, 0.25) is 0 Å². The van der Waals surface area contributed by atoms with Gasteiger partial charge in [-0.2, -0.15) is 0 Å². The van der Waals surface area contributed by atoms with Crippen LogP contribution in [0.15, 0.2) is 59.1 Å². The molecular weight excluding hydrogens is 322 g/mol. The number of rotatable bonds is 8. The molecule has 1 atom stereocenters. The Bertz CT molecular complexity index is 524. The van der Waals surface area contributed by atoms with Crippen molar-refractivity contribution < 1.29 is 0 Å². The Kier molecular flexibility index (Phi) is 6.98. The molecule has 2 aromatic rings. The molecule has 0 heterocycles. The largest absolute Gasteiger partial charge is 0.319 e. The average Bonchev–Trinajstić information content (AvgIpc) is 2.48. The molecule has 2 rings (SSSR count). The second kappa shape index (κ2) is 9.01. The summed E-state index contributed by atoms with van der Waals surface area (Å²) in [6.07, 6.45) is 4.85. The van der Waals surface area contributed by atoms with E-state index < -0.39 is 0 Å². The summed E-state index contributed by atoms with van der Waals surface area (Å²) in [4.78, 5) is 0. The van der Waals surface area contributed by atoms with E-state index in [0.29, 0.717) is 5.92 Å². The normalized spacial score (nSPS) is 12.3. The molecule has 0 saturated carbocycles. The Balaban J connectivity index is 1.84. The average molecular weight is 346 g/mol. The Morgan fingerprint density at radius 3 is 2.48 bits per heavy atom. The van der Waals surface area contributed by atoms with E-state index in [2.05, 4.69) is 75.8 Å². The lowest BCUT2D eigenvalue weighted by Crippen LogP contribution is -2.21. The zero-order valence-corrected chi connectivity index (χ0v) is 14.3. The van der Waals surface area contributed by atoms with E-state index in [-0.39, 0.29) is 0 Å². The maximum atomic E-state index is 3.56. The quantitative estimate of drug-likeness (QED) is 0.720. The van der Waals surface area contributed by atoms with Gasteiger partial charge in [-0.1, -0.05) is 58.4 Å². The fourth-order valence-corrected chi connectivity index (χ4v) is 3.25. The molecule has 0 fully saturated rings. The second-order valence-corrected chi connectivity index (χ2v) is 6.55. The summed E-state index contributed by atoms with van der Waals surface area (Å²) in [5, 5.41) is 3.34. The van der Waals surface area contributed by atoms with Crippen molar-refractivity contribution in [3.05, 3.63) is 70.2 Å². The standard InChI is InChI=1S/C19H24BrN/c1-21-15-18(13-17-10-6-12-19(20)14-17)11-5-9-16-7-3-2-4-8-16/h2-4,6-8,10,12,14,18,21H,5,9,11,13,15H2,1H3. The number of halogens is 1. The molecule has 1 unspecified atom stereocenters. The topological polar surface area (TPSA) is 12.0 Å². The van der Waals surface area contributed by atoms with Crippen LogP contribution in [0.4, 0.5) is 0 Å². The lowest BCUT2D eigenvalue weighted by molar-refractivity contribution is 0.446. The zero-order chi connectivity index (χ0) is 14.9. The van der Waals surface area contributed by atoms with Crippen molar-refractivity contribution in [3.63, 3.8) is 0 Å². The summed E-state index contributed by atoms with van der Waals surface area (Å²) in [5.74, 6) is 0.702. The molecule has 112 valence electrons. The molecular formula is C19H24BrN. The number of benzene rings is 2. The third-order valence-corrected chi connectivity index (χ3v) is 4.32. The van der Waals surface area contributed by atoms with E-state index in [0.717, 1.165) is 13.0 Å². The van der Waals surface area contributed by atoms with Crippen molar-refractivity contribution in [2.45, 2.75) is 25.7 Å². The van der Waals surface area contributed by atoms with Crippen LogP contribution >= 0.6 is 15.9 Å². The van der Waals surface area contributed by atoms with Crippen molar-refractivity contribution in [2.24, 2.45) is 5.92 Å². The predicted octanol–water partition coefficient (Wildman–Crippen LogP) is 4.85. The molecule has 0 aliphatic rings. The van der Waals surface area contributed by atoms with Crippen molar-refractivity contribution >= 4 is 15.9 Å². The molecule has 1 nitrogen and oxygen atoms in total. The highest BCUT2D eigenvalue weighted by Gasteiger charge is 2.09. The Morgan fingerprint density at radius 1 is 1.00 bits per heavy atom. The minimum Gasteiger partial charge on any atom is -0.319 e. The van der Waals surface area contributed by atoms with Gasteiger partial charge in [0.25, 0.3) is 0 Å². The van der Waals surface area contributed by atoms with Crippen molar-refractivity contribution in [2.75, 3.05) is 13.6 Å². The van der Waals surface area contributed by atoms with E-state index >= 15 is 0 Å². The van der Waals surface area contributed by atoms with E-state index in [1.165, 1.54) is 34.9 Å². The van der Waals surface area contributed by atoms with Gasteiger partial charge in [0.1, 0.15) is 0 Å². The van der Waals surface area contributed by atoms with Crippen LogP contribution in [0, 0.1) is 5.92 Å². The molecule has 0 spiro atoms. The lowest BCUT2D eigenvalue weighted by Gasteiger charge is -2.17. The first-order valence-corrected chi connectivity index (χ1v) is 8.50. The van der Waals surface area contributed by atoms with Crippen molar-refractivity contribution in [1.29, 1.82) is 0 Å². The summed E-state index contributed by atoms with van der Waals surface area (Å²) in [5.41, 5.74) is 2.87. The number of aryl methyl sites for hydroxylation is 1. The minimum atomic E-state index is 0.702. The molecule has 0 amide bonds. The summed E-state index contributed by atoms with van der Waals surface area (Å²) < 4.78 is 1.17. The molecule has 0 aliphatic heterocycles. The first kappa shape index (κ1) is 16.3. The Morgan fingerprint density at radius 2 is 1.76 bits per heavy atom. The number of nitrogens with one attached hydrogen (secondary N) is 1.